The number of carbonyl (C=O) groups excluding carboxylic acids is 1. The van der Waals surface area contributed by atoms with E-state index in [4.69, 9.17) is 18.6 Å². The summed E-state index contributed by atoms with van der Waals surface area (Å²) in [6.07, 6.45) is 1.51. The van der Waals surface area contributed by atoms with Crippen molar-refractivity contribution in [1.82, 2.24) is 4.90 Å². The van der Waals surface area contributed by atoms with E-state index < -0.39 is 0 Å². The Balaban J connectivity index is 1.91. The molecule has 0 spiro atoms. The van der Waals surface area contributed by atoms with E-state index in [0.29, 0.717) is 41.1 Å². The maximum Gasteiger partial charge on any atom is 0.248 e. The number of piperidine rings is 1. The first-order valence-electron chi connectivity index (χ1n) is 9.43. The van der Waals surface area contributed by atoms with Gasteiger partial charge in [0.1, 0.15) is 23.7 Å². The fraction of sp³-hybridized carbons (Fsp3) is 0.524. The zero-order valence-electron chi connectivity index (χ0n) is 16.9. The van der Waals surface area contributed by atoms with Gasteiger partial charge in [-0.05, 0) is 38.8 Å². The minimum absolute atomic E-state index is 0.00610. The monoisotopic (exact) mass is 389 g/mol. The molecule has 0 bridgehead atoms. The van der Waals surface area contributed by atoms with E-state index in [-0.39, 0.29) is 30.7 Å². The van der Waals surface area contributed by atoms with Gasteiger partial charge >= 0.3 is 0 Å². The molecule has 2 heterocycles. The van der Waals surface area contributed by atoms with E-state index in [1.54, 1.807) is 24.1 Å². The number of methoxy groups -OCH3 is 2. The van der Waals surface area contributed by atoms with Crippen LogP contribution in [0.3, 0.4) is 0 Å². The van der Waals surface area contributed by atoms with E-state index in [9.17, 15) is 9.59 Å². The first kappa shape index (κ1) is 20.4. The molecule has 7 heteroatoms. The molecule has 3 rings (SSSR count). The molecule has 28 heavy (non-hydrogen) atoms. The Hall–Kier alpha value is -2.38. The normalized spacial score (nSPS) is 15.2. The minimum atomic E-state index is -0.0180. The first-order chi connectivity index (χ1) is 13.5. The average molecular weight is 389 g/mol. The number of ether oxygens (including phenoxy) is 3. The molecule has 0 saturated carbocycles. The fourth-order valence-electron chi connectivity index (χ4n) is 3.76. The third kappa shape index (κ3) is 3.91. The second-order valence-corrected chi connectivity index (χ2v) is 7.12. The predicted octanol–water partition coefficient (Wildman–Crippen LogP) is 2.74. The van der Waals surface area contributed by atoms with Gasteiger partial charge in [-0.15, -0.1) is 0 Å². The summed E-state index contributed by atoms with van der Waals surface area (Å²) in [6, 6.07) is 3.51. The SMILES string of the molecule is COCOc1ccc2c(=O)c(C)c(C3CCN(C(=O)COC)CC3)oc2c1C. The molecule has 2 aromatic rings. The quantitative estimate of drug-likeness (QED) is 0.707. The summed E-state index contributed by atoms with van der Waals surface area (Å²) in [5.41, 5.74) is 1.95. The van der Waals surface area contributed by atoms with Gasteiger partial charge in [-0.1, -0.05) is 0 Å². The van der Waals surface area contributed by atoms with E-state index in [2.05, 4.69) is 0 Å². The lowest BCUT2D eigenvalue weighted by Crippen LogP contribution is -2.40. The molecule has 1 aromatic heterocycles. The van der Waals surface area contributed by atoms with Gasteiger partial charge in [0, 0.05) is 44.4 Å². The maximum absolute atomic E-state index is 12.9. The van der Waals surface area contributed by atoms with Crippen molar-refractivity contribution in [2.45, 2.75) is 32.6 Å². The predicted molar refractivity (Wildman–Crippen MR) is 105 cm³/mol. The third-order valence-electron chi connectivity index (χ3n) is 5.34. The smallest absolute Gasteiger partial charge is 0.248 e. The Morgan fingerprint density at radius 1 is 1.14 bits per heavy atom. The Kier molecular flexibility index (Phi) is 6.36. The van der Waals surface area contributed by atoms with Crippen molar-refractivity contribution >= 4 is 16.9 Å². The van der Waals surface area contributed by atoms with Crippen molar-refractivity contribution in [3.8, 4) is 5.75 Å². The van der Waals surface area contributed by atoms with Crippen LogP contribution in [0.25, 0.3) is 11.0 Å². The summed E-state index contributed by atoms with van der Waals surface area (Å²) >= 11 is 0. The zero-order valence-corrected chi connectivity index (χ0v) is 16.9. The molecule has 1 fully saturated rings. The van der Waals surface area contributed by atoms with Crippen LogP contribution in [0.1, 0.15) is 35.6 Å². The van der Waals surface area contributed by atoms with Crippen LogP contribution >= 0.6 is 0 Å². The van der Waals surface area contributed by atoms with Gasteiger partial charge in [-0.2, -0.15) is 0 Å². The largest absolute Gasteiger partial charge is 0.467 e. The molecule has 152 valence electrons. The number of hydrogen-bond acceptors (Lipinski definition) is 6. The van der Waals surface area contributed by atoms with E-state index in [1.807, 2.05) is 13.8 Å². The highest BCUT2D eigenvalue weighted by Gasteiger charge is 2.28. The van der Waals surface area contributed by atoms with Crippen LogP contribution in [0.5, 0.6) is 5.75 Å². The van der Waals surface area contributed by atoms with Crippen LogP contribution in [-0.2, 0) is 14.3 Å². The summed E-state index contributed by atoms with van der Waals surface area (Å²) in [6.45, 7) is 5.17. The molecule has 0 atom stereocenters. The topological polar surface area (TPSA) is 78.2 Å². The van der Waals surface area contributed by atoms with Crippen LogP contribution in [-0.4, -0.2) is 51.5 Å². The van der Waals surface area contributed by atoms with Gasteiger partial charge in [-0.3, -0.25) is 9.59 Å². The molecule has 0 unspecified atom stereocenters. The number of likely N-dealkylation sites (tertiary alicyclic amines) is 1. The number of carbonyl (C=O) groups is 1. The molecule has 0 radical (unpaired) electrons. The van der Waals surface area contributed by atoms with Crippen LogP contribution in [0.4, 0.5) is 0 Å². The zero-order chi connectivity index (χ0) is 20.3. The lowest BCUT2D eigenvalue weighted by Gasteiger charge is -2.32. The van der Waals surface area contributed by atoms with E-state index in [1.165, 1.54) is 7.11 Å². The van der Waals surface area contributed by atoms with Crippen LogP contribution in [0, 0.1) is 13.8 Å². The fourth-order valence-corrected chi connectivity index (χ4v) is 3.76. The van der Waals surface area contributed by atoms with Gasteiger partial charge in [0.2, 0.25) is 5.91 Å². The highest BCUT2D eigenvalue weighted by molar-refractivity contribution is 5.82. The Morgan fingerprint density at radius 2 is 1.86 bits per heavy atom. The number of benzene rings is 1. The van der Waals surface area contributed by atoms with Gasteiger partial charge in [0.25, 0.3) is 0 Å². The van der Waals surface area contributed by atoms with Crippen molar-refractivity contribution in [2.24, 2.45) is 0 Å². The lowest BCUT2D eigenvalue weighted by molar-refractivity contribution is -0.136. The highest BCUT2D eigenvalue weighted by atomic mass is 16.7. The number of rotatable bonds is 6. The van der Waals surface area contributed by atoms with Crippen LogP contribution < -0.4 is 10.2 Å². The number of amides is 1. The Bertz CT molecular complexity index is 911. The van der Waals surface area contributed by atoms with Gasteiger partial charge in [-0.25, -0.2) is 0 Å². The summed E-state index contributed by atoms with van der Waals surface area (Å²) in [7, 11) is 3.08. The van der Waals surface area contributed by atoms with Crippen molar-refractivity contribution in [3.63, 3.8) is 0 Å². The average Bonchev–Trinajstić information content (AvgIpc) is 2.70. The third-order valence-corrected chi connectivity index (χ3v) is 5.34. The molecule has 0 aliphatic carbocycles. The summed E-state index contributed by atoms with van der Waals surface area (Å²) in [4.78, 5) is 26.7. The molecule has 0 N–H and O–H groups in total. The number of nitrogens with zero attached hydrogens (tertiary/aromatic N) is 1. The Labute approximate surface area is 164 Å². The molecule has 7 nitrogen and oxygen atoms in total. The second kappa shape index (κ2) is 8.75. The number of hydrogen-bond donors (Lipinski definition) is 0. The standard InChI is InChI=1S/C21H27NO6/c1-13-17(27-12-26-4)6-5-16-19(24)14(2)20(28-21(13)16)15-7-9-22(10-8-15)18(23)11-25-3/h5-6,15H,7-12H2,1-4H3. The van der Waals surface area contributed by atoms with Crippen LogP contribution in [0.2, 0.25) is 0 Å². The molecule has 1 aliphatic rings. The minimum Gasteiger partial charge on any atom is -0.467 e. The van der Waals surface area contributed by atoms with Crippen molar-refractivity contribution in [2.75, 3.05) is 40.7 Å². The van der Waals surface area contributed by atoms with Crippen LogP contribution in [0.15, 0.2) is 21.3 Å². The molecular formula is C21H27NO6. The maximum atomic E-state index is 12.9. The molecule has 1 saturated heterocycles. The van der Waals surface area contributed by atoms with Gasteiger partial charge in [0.15, 0.2) is 12.2 Å². The van der Waals surface area contributed by atoms with Gasteiger partial charge < -0.3 is 23.5 Å². The van der Waals surface area contributed by atoms with E-state index >= 15 is 0 Å². The van der Waals surface area contributed by atoms with Crippen molar-refractivity contribution in [1.29, 1.82) is 0 Å². The Morgan fingerprint density at radius 3 is 2.50 bits per heavy atom. The van der Waals surface area contributed by atoms with E-state index in [0.717, 1.165) is 18.4 Å². The molecular weight excluding hydrogens is 362 g/mol. The molecule has 1 amide bonds. The lowest BCUT2D eigenvalue weighted by atomic mass is 9.91. The van der Waals surface area contributed by atoms with Crippen molar-refractivity contribution < 1.29 is 23.4 Å². The van der Waals surface area contributed by atoms with Crippen molar-refractivity contribution in [3.05, 3.63) is 39.2 Å². The van der Waals surface area contributed by atoms with Gasteiger partial charge in [0.05, 0.1) is 5.39 Å². The molecule has 1 aliphatic heterocycles. The second-order valence-electron chi connectivity index (χ2n) is 7.12. The highest BCUT2D eigenvalue weighted by Crippen LogP contribution is 2.34. The summed E-state index contributed by atoms with van der Waals surface area (Å²) < 4.78 is 21.7. The number of fused-ring (bicyclic) bond motifs is 1. The number of aryl methyl sites for hydroxylation is 1. The summed E-state index contributed by atoms with van der Waals surface area (Å²) in [5, 5.41) is 0.552. The molecule has 1 aromatic carbocycles. The summed E-state index contributed by atoms with van der Waals surface area (Å²) in [5.74, 6) is 1.44. The first-order valence-corrected chi connectivity index (χ1v) is 9.43.